The molecule has 0 saturated heterocycles. The quantitative estimate of drug-likeness (QED) is 0.670. The van der Waals surface area contributed by atoms with Crippen LogP contribution in [0.2, 0.25) is 0 Å². The molecular weight excluding hydrogens is 176 g/mol. The van der Waals surface area contributed by atoms with Crippen LogP contribution < -0.4 is 0 Å². The first kappa shape index (κ1) is 9.06. The summed E-state index contributed by atoms with van der Waals surface area (Å²) in [6, 6.07) is 0. The Labute approximate surface area is 82.8 Å². The molecule has 2 aromatic rings. The summed E-state index contributed by atoms with van der Waals surface area (Å²) in [5, 5.41) is 10.6. The molecule has 0 unspecified atom stereocenters. The highest BCUT2D eigenvalue weighted by Gasteiger charge is 2.12. The van der Waals surface area contributed by atoms with E-state index in [1.54, 1.807) is 0 Å². The topological polar surface area (TPSA) is 48.9 Å². The molecule has 2 aromatic heterocycles. The lowest BCUT2D eigenvalue weighted by Gasteiger charge is -2.05. The van der Waals surface area contributed by atoms with Gasteiger partial charge >= 0.3 is 0 Å². The maximum Gasteiger partial charge on any atom is 0.193 e. The molecule has 0 aliphatic heterocycles. The van der Waals surface area contributed by atoms with E-state index in [1.165, 1.54) is 11.1 Å². The van der Waals surface area contributed by atoms with Gasteiger partial charge in [-0.1, -0.05) is 0 Å². The van der Waals surface area contributed by atoms with Crippen LogP contribution in [0, 0.1) is 27.7 Å². The second kappa shape index (κ2) is 2.74. The summed E-state index contributed by atoms with van der Waals surface area (Å²) < 4.78 is 0. The SMILES string of the molecule is Cc1nc2[nH]c(O)c(C)c2c(C)c1C. The van der Waals surface area contributed by atoms with Gasteiger partial charge in [0.05, 0.1) is 0 Å². The number of aromatic nitrogens is 2. The first-order valence-corrected chi connectivity index (χ1v) is 4.67. The Balaban J connectivity index is 2.99. The predicted octanol–water partition coefficient (Wildman–Crippen LogP) is 2.50. The molecule has 14 heavy (non-hydrogen) atoms. The summed E-state index contributed by atoms with van der Waals surface area (Å²) in [5.41, 5.74) is 5.06. The fourth-order valence-corrected chi connectivity index (χ4v) is 1.82. The van der Waals surface area contributed by atoms with Crippen LogP contribution in [0.4, 0.5) is 0 Å². The van der Waals surface area contributed by atoms with Crippen molar-refractivity contribution in [2.45, 2.75) is 27.7 Å². The van der Waals surface area contributed by atoms with Crippen molar-refractivity contribution in [3.8, 4) is 5.88 Å². The molecule has 0 aliphatic carbocycles. The van der Waals surface area contributed by atoms with Crippen molar-refractivity contribution >= 4 is 11.0 Å². The van der Waals surface area contributed by atoms with Gasteiger partial charge in [0.25, 0.3) is 0 Å². The predicted molar refractivity (Wildman–Crippen MR) is 56.7 cm³/mol. The molecule has 0 atom stereocenters. The number of H-pyrrole nitrogens is 1. The second-order valence-corrected chi connectivity index (χ2v) is 3.77. The number of aromatic amines is 1. The fraction of sp³-hybridized carbons (Fsp3) is 0.364. The maximum absolute atomic E-state index is 9.55. The number of nitrogens with one attached hydrogen (secondary N) is 1. The molecule has 74 valence electrons. The number of hydrogen-bond donors (Lipinski definition) is 2. The number of fused-ring (bicyclic) bond motifs is 1. The van der Waals surface area contributed by atoms with Crippen LogP contribution in [-0.4, -0.2) is 15.1 Å². The molecule has 0 fully saturated rings. The summed E-state index contributed by atoms with van der Waals surface area (Å²) in [5.74, 6) is 0.223. The van der Waals surface area contributed by atoms with Crippen LogP contribution in [-0.2, 0) is 0 Å². The van der Waals surface area contributed by atoms with Crippen LogP contribution in [0.15, 0.2) is 0 Å². The smallest absolute Gasteiger partial charge is 0.193 e. The van der Waals surface area contributed by atoms with Crippen molar-refractivity contribution in [1.82, 2.24) is 9.97 Å². The Kier molecular flexibility index (Phi) is 1.77. The fourth-order valence-electron chi connectivity index (χ4n) is 1.82. The van der Waals surface area contributed by atoms with Crippen molar-refractivity contribution in [2.75, 3.05) is 0 Å². The van der Waals surface area contributed by atoms with Gasteiger partial charge in [0.2, 0.25) is 0 Å². The van der Waals surface area contributed by atoms with Crippen molar-refractivity contribution in [2.24, 2.45) is 0 Å². The Bertz CT molecular complexity index is 512. The lowest BCUT2D eigenvalue weighted by atomic mass is 10.0. The van der Waals surface area contributed by atoms with Crippen molar-refractivity contribution in [3.05, 3.63) is 22.4 Å². The van der Waals surface area contributed by atoms with E-state index in [4.69, 9.17) is 0 Å². The minimum Gasteiger partial charge on any atom is -0.494 e. The lowest BCUT2D eigenvalue weighted by molar-refractivity contribution is 0.454. The van der Waals surface area contributed by atoms with E-state index < -0.39 is 0 Å². The molecule has 0 bridgehead atoms. The molecule has 2 N–H and O–H groups in total. The minimum absolute atomic E-state index is 0.223. The zero-order valence-electron chi connectivity index (χ0n) is 8.89. The van der Waals surface area contributed by atoms with Gasteiger partial charge in [-0.05, 0) is 38.8 Å². The molecular formula is C11H14N2O. The summed E-state index contributed by atoms with van der Waals surface area (Å²) in [4.78, 5) is 7.28. The third-order valence-electron chi connectivity index (χ3n) is 2.96. The van der Waals surface area contributed by atoms with Crippen LogP contribution in [0.25, 0.3) is 11.0 Å². The van der Waals surface area contributed by atoms with E-state index >= 15 is 0 Å². The molecule has 0 aliphatic rings. The number of aromatic hydroxyl groups is 1. The van der Waals surface area contributed by atoms with E-state index in [9.17, 15) is 5.11 Å². The molecule has 2 heterocycles. The van der Waals surface area contributed by atoms with E-state index in [1.807, 2.05) is 13.8 Å². The first-order valence-electron chi connectivity index (χ1n) is 4.67. The molecule has 0 saturated carbocycles. The van der Waals surface area contributed by atoms with Gasteiger partial charge in [-0.3, -0.25) is 0 Å². The number of rotatable bonds is 0. The summed E-state index contributed by atoms with van der Waals surface area (Å²) >= 11 is 0. The molecule has 0 aromatic carbocycles. The summed E-state index contributed by atoms with van der Waals surface area (Å²) in [6.07, 6.45) is 0. The number of nitrogens with zero attached hydrogens (tertiary/aromatic N) is 1. The van der Waals surface area contributed by atoms with Gasteiger partial charge in [0.15, 0.2) is 5.88 Å². The van der Waals surface area contributed by atoms with Gasteiger partial charge in [0.1, 0.15) is 5.65 Å². The minimum atomic E-state index is 0.223. The monoisotopic (exact) mass is 190 g/mol. The first-order chi connectivity index (χ1) is 6.52. The van der Waals surface area contributed by atoms with Gasteiger partial charge < -0.3 is 10.1 Å². The van der Waals surface area contributed by atoms with Gasteiger partial charge in [-0.15, -0.1) is 0 Å². The van der Waals surface area contributed by atoms with Gasteiger partial charge in [-0.2, -0.15) is 0 Å². The summed E-state index contributed by atoms with van der Waals surface area (Å²) in [7, 11) is 0. The Morgan fingerprint density at radius 3 is 2.29 bits per heavy atom. The van der Waals surface area contributed by atoms with Crippen LogP contribution in [0.5, 0.6) is 5.88 Å². The van der Waals surface area contributed by atoms with Gasteiger partial charge in [0, 0.05) is 16.6 Å². The average molecular weight is 190 g/mol. The van der Waals surface area contributed by atoms with Crippen LogP contribution in [0.1, 0.15) is 22.4 Å². The highest BCUT2D eigenvalue weighted by atomic mass is 16.3. The number of aryl methyl sites for hydroxylation is 3. The molecule has 0 amide bonds. The Morgan fingerprint density at radius 2 is 1.64 bits per heavy atom. The highest BCUT2D eigenvalue weighted by Crippen LogP contribution is 2.29. The van der Waals surface area contributed by atoms with Crippen molar-refractivity contribution in [1.29, 1.82) is 0 Å². The van der Waals surface area contributed by atoms with Crippen LogP contribution >= 0.6 is 0 Å². The molecule has 3 heteroatoms. The zero-order valence-corrected chi connectivity index (χ0v) is 8.89. The normalized spacial score (nSPS) is 11.1. The van der Waals surface area contributed by atoms with Gasteiger partial charge in [-0.25, -0.2) is 4.98 Å². The Hall–Kier alpha value is -1.51. The molecule has 3 nitrogen and oxygen atoms in total. The average Bonchev–Trinajstić information content (AvgIpc) is 2.39. The number of pyridine rings is 1. The lowest BCUT2D eigenvalue weighted by Crippen LogP contribution is -1.92. The third kappa shape index (κ3) is 1.02. The molecule has 0 spiro atoms. The van der Waals surface area contributed by atoms with E-state index in [0.29, 0.717) is 0 Å². The number of hydrogen-bond acceptors (Lipinski definition) is 2. The largest absolute Gasteiger partial charge is 0.494 e. The van der Waals surface area contributed by atoms with Crippen LogP contribution in [0.3, 0.4) is 0 Å². The van der Waals surface area contributed by atoms with Crippen molar-refractivity contribution < 1.29 is 5.11 Å². The maximum atomic E-state index is 9.55. The molecule has 2 rings (SSSR count). The van der Waals surface area contributed by atoms with E-state index in [-0.39, 0.29) is 5.88 Å². The summed E-state index contributed by atoms with van der Waals surface area (Å²) in [6.45, 7) is 8.00. The highest BCUT2D eigenvalue weighted by molar-refractivity contribution is 5.86. The third-order valence-corrected chi connectivity index (χ3v) is 2.96. The standard InChI is InChI=1S/C11H14N2O/c1-5-6(2)9-7(3)11(14)13-10(9)12-8(5)4/h14H,1-4H3,(H,12,13). The molecule has 0 radical (unpaired) electrons. The zero-order chi connectivity index (χ0) is 10.5. The van der Waals surface area contributed by atoms with E-state index in [2.05, 4.69) is 23.8 Å². The Morgan fingerprint density at radius 1 is 1.00 bits per heavy atom. The second-order valence-electron chi connectivity index (χ2n) is 3.77. The van der Waals surface area contributed by atoms with E-state index in [0.717, 1.165) is 22.3 Å². The van der Waals surface area contributed by atoms with Crippen molar-refractivity contribution in [3.63, 3.8) is 0 Å².